The molecule has 0 spiro atoms. The Morgan fingerprint density at radius 1 is 1.43 bits per heavy atom. The van der Waals surface area contributed by atoms with Crippen LogP contribution in [0.4, 0.5) is 0 Å². The molecular formula is C11H12Cl2O. The van der Waals surface area contributed by atoms with E-state index in [-0.39, 0.29) is 5.78 Å². The van der Waals surface area contributed by atoms with Crippen LogP contribution in [0, 0.1) is 6.92 Å². The molecule has 0 aromatic heterocycles. The Hall–Kier alpha value is -0.530. The smallest absolute Gasteiger partial charge is 0.163 e. The maximum atomic E-state index is 11.6. The van der Waals surface area contributed by atoms with Crippen molar-refractivity contribution in [1.29, 1.82) is 0 Å². The topological polar surface area (TPSA) is 17.1 Å². The molecule has 1 rings (SSSR count). The van der Waals surface area contributed by atoms with Crippen molar-refractivity contribution in [3.63, 3.8) is 0 Å². The fourth-order valence-corrected chi connectivity index (χ4v) is 1.66. The Labute approximate surface area is 94.0 Å². The third-order valence-corrected chi connectivity index (χ3v) is 2.53. The lowest BCUT2D eigenvalue weighted by Crippen LogP contribution is -2.01. The highest BCUT2D eigenvalue weighted by Crippen LogP contribution is 2.17. The predicted molar refractivity (Wildman–Crippen MR) is 60.5 cm³/mol. The zero-order chi connectivity index (χ0) is 10.6. The molecule has 0 saturated carbocycles. The summed E-state index contributed by atoms with van der Waals surface area (Å²) < 4.78 is 0. The molecule has 1 aromatic carbocycles. The Morgan fingerprint density at radius 2 is 2.14 bits per heavy atom. The molecule has 14 heavy (non-hydrogen) atoms. The fraction of sp³-hybridized carbons (Fsp3) is 0.364. The molecule has 0 heterocycles. The van der Waals surface area contributed by atoms with Crippen LogP contribution < -0.4 is 0 Å². The average molecular weight is 231 g/mol. The molecule has 0 radical (unpaired) electrons. The van der Waals surface area contributed by atoms with E-state index >= 15 is 0 Å². The first-order valence-corrected chi connectivity index (χ1v) is 5.41. The molecule has 0 saturated heterocycles. The quantitative estimate of drug-likeness (QED) is 0.568. The van der Waals surface area contributed by atoms with Gasteiger partial charge in [-0.15, -0.1) is 11.6 Å². The van der Waals surface area contributed by atoms with Gasteiger partial charge in [0.2, 0.25) is 0 Å². The van der Waals surface area contributed by atoms with Gasteiger partial charge in [0.05, 0.1) is 0 Å². The first kappa shape index (κ1) is 11.5. The molecule has 1 nitrogen and oxygen atoms in total. The van der Waals surface area contributed by atoms with Gasteiger partial charge in [-0.2, -0.15) is 0 Å². The number of halogens is 2. The van der Waals surface area contributed by atoms with E-state index in [4.69, 9.17) is 23.2 Å². The predicted octanol–water partition coefficient (Wildman–Crippen LogP) is 3.85. The second-order valence-corrected chi connectivity index (χ2v) is 3.99. The van der Waals surface area contributed by atoms with Gasteiger partial charge in [0.15, 0.2) is 5.78 Å². The Kier molecular flexibility index (Phi) is 4.43. The van der Waals surface area contributed by atoms with E-state index < -0.39 is 0 Å². The zero-order valence-corrected chi connectivity index (χ0v) is 9.53. The normalized spacial score (nSPS) is 10.2. The van der Waals surface area contributed by atoms with Gasteiger partial charge in [0.1, 0.15) is 0 Å². The van der Waals surface area contributed by atoms with Crippen molar-refractivity contribution >= 4 is 29.0 Å². The van der Waals surface area contributed by atoms with Crippen molar-refractivity contribution < 1.29 is 4.79 Å². The van der Waals surface area contributed by atoms with Crippen molar-refractivity contribution in [3.8, 4) is 0 Å². The number of alkyl halides is 1. The van der Waals surface area contributed by atoms with Gasteiger partial charge >= 0.3 is 0 Å². The lowest BCUT2D eigenvalue weighted by atomic mass is 10.0. The molecule has 0 amide bonds. The van der Waals surface area contributed by atoms with Crippen LogP contribution in [0.3, 0.4) is 0 Å². The molecule has 0 unspecified atom stereocenters. The van der Waals surface area contributed by atoms with Crippen LogP contribution in [0.2, 0.25) is 5.02 Å². The molecular weight excluding hydrogens is 219 g/mol. The molecule has 0 bridgehead atoms. The summed E-state index contributed by atoms with van der Waals surface area (Å²) in [4.78, 5) is 11.6. The van der Waals surface area contributed by atoms with E-state index in [2.05, 4.69) is 0 Å². The number of aryl methyl sites for hydroxylation is 1. The van der Waals surface area contributed by atoms with Crippen LogP contribution >= 0.6 is 23.2 Å². The number of Topliss-reactive ketones (excluding diaryl/α,β-unsaturated/α-hetero) is 1. The van der Waals surface area contributed by atoms with E-state index in [1.54, 1.807) is 18.2 Å². The summed E-state index contributed by atoms with van der Waals surface area (Å²) in [5.41, 5.74) is 1.68. The van der Waals surface area contributed by atoms with Crippen LogP contribution in [-0.2, 0) is 0 Å². The number of hydrogen-bond acceptors (Lipinski definition) is 1. The van der Waals surface area contributed by atoms with Gasteiger partial charge in [0.25, 0.3) is 0 Å². The summed E-state index contributed by atoms with van der Waals surface area (Å²) in [6.07, 6.45) is 1.23. The van der Waals surface area contributed by atoms with Crippen LogP contribution in [0.15, 0.2) is 18.2 Å². The highest BCUT2D eigenvalue weighted by molar-refractivity contribution is 6.30. The molecule has 76 valence electrons. The Balaban J connectivity index is 2.80. The number of ketones is 1. The van der Waals surface area contributed by atoms with Crippen LogP contribution in [-0.4, -0.2) is 11.7 Å². The van der Waals surface area contributed by atoms with Gasteiger partial charge in [-0.05, 0) is 37.1 Å². The molecule has 1 aromatic rings. The molecule has 0 fully saturated rings. The van der Waals surface area contributed by atoms with Crippen molar-refractivity contribution in [2.45, 2.75) is 19.8 Å². The first-order valence-electron chi connectivity index (χ1n) is 4.50. The summed E-state index contributed by atoms with van der Waals surface area (Å²) in [5, 5.41) is 0.663. The zero-order valence-electron chi connectivity index (χ0n) is 8.02. The number of hydrogen-bond donors (Lipinski definition) is 0. The summed E-state index contributed by atoms with van der Waals surface area (Å²) >= 11 is 11.3. The van der Waals surface area contributed by atoms with Crippen molar-refractivity contribution in [1.82, 2.24) is 0 Å². The summed E-state index contributed by atoms with van der Waals surface area (Å²) in [6.45, 7) is 1.89. The van der Waals surface area contributed by atoms with E-state index in [1.807, 2.05) is 6.92 Å². The van der Waals surface area contributed by atoms with Crippen molar-refractivity contribution in [3.05, 3.63) is 34.3 Å². The average Bonchev–Trinajstić information content (AvgIpc) is 2.14. The minimum absolute atomic E-state index is 0.139. The molecule has 0 N–H and O–H groups in total. The maximum Gasteiger partial charge on any atom is 0.163 e. The molecule has 0 atom stereocenters. The second-order valence-electron chi connectivity index (χ2n) is 3.17. The molecule has 0 aliphatic carbocycles. The molecule has 3 heteroatoms. The van der Waals surface area contributed by atoms with E-state index in [9.17, 15) is 4.79 Å². The lowest BCUT2D eigenvalue weighted by Gasteiger charge is -2.04. The number of carbonyl (C=O) groups is 1. The third-order valence-electron chi connectivity index (χ3n) is 2.03. The monoisotopic (exact) mass is 230 g/mol. The fourth-order valence-electron chi connectivity index (χ4n) is 1.30. The first-order chi connectivity index (χ1) is 6.65. The van der Waals surface area contributed by atoms with Crippen LogP contribution in [0.25, 0.3) is 0 Å². The van der Waals surface area contributed by atoms with E-state index in [1.165, 1.54) is 0 Å². The Morgan fingerprint density at radius 3 is 2.71 bits per heavy atom. The summed E-state index contributed by atoms with van der Waals surface area (Å²) in [7, 11) is 0. The van der Waals surface area contributed by atoms with E-state index in [0.717, 1.165) is 17.5 Å². The molecule has 0 aliphatic heterocycles. The van der Waals surface area contributed by atoms with Crippen molar-refractivity contribution in [2.24, 2.45) is 0 Å². The van der Waals surface area contributed by atoms with Crippen LogP contribution in [0.1, 0.15) is 28.8 Å². The number of benzene rings is 1. The minimum atomic E-state index is 0.139. The standard InChI is InChI=1S/C11H12Cl2O/c1-8-7-9(13)4-5-10(8)11(14)3-2-6-12/h4-5,7H,2-3,6H2,1H3. The van der Waals surface area contributed by atoms with Gasteiger partial charge in [-0.25, -0.2) is 0 Å². The van der Waals surface area contributed by atoms with Gasteiger partial charge < -0.3 is 0 Å². The van der Waals surface area contributed by atoms with Gasteiger partial charge in [-0.3, -0.25) is 4.79 Å². The summed E-state index contributed by atoms with van der Waals surface area (Å²) in [5.74, 6) is 0.665. The minimum Gasteiger partial charge on any atom is -0.294 e. The van der Waals surface area contributed by atoms with Crippen molar-refractivity contribution in [2.75, 3.05) is 5.88 Å². The highest BCUT2D eigenvalue weighted by atomic mass is 35.5. The summed E-state index contributed by atoms with van der Waals surface area (Å²) in [6, 6.07) is 5.31. The van der Waals surface area contributed by atoms with Gasteiger partial charge in [-0.1, -0.05) is 11.6 Å². The highest BCUT2D eigenvalue weighted by Gasteiger charge is 2.08. The van der Waals surface area contributed by atoms with Gasteiger partial charge in [0, 0.05) is 22.9 Å². The number of carbonyl (C=O) groups excluding carboxylic acids is 1. The largest absolute Gasteiger partial charge is 0.294 e. The second kappa shape index (κ2) is 5.38. The molecule has 0 aliphatic rings. The lowest BCUT2D eigenvalue weighted by molar-refractivity contribution is 0.0981. The maximum absolute atomic E-state index is 11.6. The number of rotatable bonds is 4. The third kappa shape index (κ3) is 3.00. The van der Waals surface area contributed by atoms with E-state index in [0.29, 0.717) is 17.3 Å². The SMILES string of the molecule is Cc1cc(Cl)ccc1C(=O)CCCCl. The van der Waals surface area contributed by atoms with Crippen LogP contribution in [0.5, 0.6) is 0 Å². The Bertz CT molecular complexity index is 334.